The second kappa shape index (κ2) is 10.5. The molecule has 1 fully saturated rings. The maximum atomic E-state index is 13.2. The van der Waals surface area contributed by atoms with Gasteiger partial charge in [0.2, 0.25) is 0 Å². The molecule has 0 spiro atoms. The molecular weight excluding hydrogens is 504 g/mol. The van der Waals surface area contributed by atoms with Crippen molar-refractivity contribution in [3.8, 4) is 12.3 Å². The molecule has 1 aliphatic rings. The van der Waals surface area contributed by atoms with E-state index in [-0.39, 0.29) is 19.2 Å². The fraction of sp³-hybridized carbons (Fsp3) is 0.320. The smallest absolute Gasteiger partial charge is 0.418 e. The van der Waals surface area contributed by atoms with Gasteiger partial charge in [0.15, 0.2) is 0 Å². The van der Waals surface area contributed by atoms with Crippen molar-refractivity contribution in [2.24, 2.45) is 5.92 Å². The summed E-state index contributed by atoms with van der Waals surface area (Å²) in [5.74, 6) is 1.54. The molecule has 3 rings (SSSR count). The van der Waals surface area contributed by atoms with Gasteiger partial charge in [-0.25, -0.2) is 14.5 Å². The van der Waals surface area contributed by atoms with Gasteiger partial charge in [-0.05, 0) is 59.5 Å². The van der Waals surface area contributed by atoms with Gasteiger partial charge in [-0.3, -0.25) is 4.98 Å². The summed E-state index contributed by atoms with van der Waals surface area (Å²) in [6, 6.07) is 0.153. The molecule has 0 radical (unpaired) electrons. The largest absolute Gasteiger partial charge is 0.441 e. The molecule has 37 heavy (non-hydrogen) atoms. The Morgan fingerprint density at radius 1 is 1.19 bits per heavy atom. The minimum Gasteiger partial charge on any atom is -0.441 e. The van der Waals surface area contributed by atoms with Crippen LogP contribution in [0.1, 0.15) is 46.4 Å². The van der Waals surface area contributed by atoms with Crippen molar-refractivity contribution in [1.82, 2.24) is 15.2 Å². The van der Waals surface area contributed by atoms with E-state index < -0.39 is 53.2 Å². The van der Waals surface area contributed by atoms with Crippen molar-refractivity contribution < 1.29 is 40.7 Å². The number of rotatable bonds is 4. The number of alkyl halides is 6. The number of benzene rings is 1. The first-order chi connectivity index (χ1) is 17.2. The molecule has 2 heterocycles. The van der Waals surface area contributed by atoms with E-state index in [1.54, 1.807) is 19.2 Å². The first-order valence-corrected chi connectivity index (χ1v) is 10.8. The van der Waals surface area contributed by atoms with Crippen molar-refractivity contribution in [2.75, 3.05) is 6.54 Å². The van der Waals surface area contributed by atoms with Crippen LogP contribution >= 0.6 is 0 Å². The SMILES string of the molecule is C#C/C=C\c1c(C)cncc1CNC(=O)N1C[C@@H](C)[C@@H](c2cc(C(F)(F)F)cc(C(F)(F)F)c2)OC1=O. The van der Waals surface area contributed by atoms with Crippen LogP contribution in [0.25, 0.3) is 6.08 Å². The van der Waals surface area contributed by atoms with E-state index in [1.807, 2.05) is 0 Å². The minimum atomic E-state index is -5.05. The number of pyridine rings is 1. The maximum Gasteiger partial charge on any atom is 0.418 e. The molecule has 1 aromatic carbocycles. The Kier molecular flexibility index (Phi) is 7.86. The minimum absolute atomic E-state index is 0.00817. The van der Waals surface area contributed by atoms with E-state index in [2.05, 4.69) is 16.2 Å². The standard InChI is InChI=1S/C25H21F6N3O3/c1-4-5-6-20-14(2)10-32-11-17(20)12-33-22(35)34-13-15(3)21(37-23(34)36)16-7-18(24(26,27)28)9-19(8-16)25(29,30)31/h1,5-11,15,21H,12-13H2,2-3H3,(H,33,35)/b6-5-/t15-,21+/m1/s1. The molecule has 6 nitrogen and oxygen atoms in total. The van der Waals surface area contributed by atoms with E-state index in [4.69, 9.17) is 11.2 Å². The molecule has 1 saturated heterocycles. The van der Waals surface area contributed by atoms with E-state index in [0.29, 0.717) is 28.2 Å². The van der Waals surface area contributed by atoms with Gasteiger partial charge >= 0.3 is 24.5 Å². The van der Waals surface area contributed by atoms with E-state index >= 15 is 0 Å². The zero-order valence-electron chi connectivity index (χ0n) is 19.6. The summed E-state index contributed by atoms with van der Waals surface area (Å²) in [4.78, 5) is 30.0. The van der Waals surface area contributed by atoms with E-state index in [9.17, 15) is 35.9 Å². The van der Waals surface area contributed by atoms with Crippen LogP contribution in [0.3, 0.4) is 0 Å². The van der Waals surface area contributed by atoms with Crippen LogP contribution in [-0.2, 0) is 23.6 Å². The van der Waals surface area contributed by atoms with Gasteiger partial charge in [-0.2, -0.15) is 26.3 Å². The Balaban J connectivity index is 1.79. The van der Waals surface area contributed by atoms with Crippen LogP contribution < -0.4 is 5.32 Å². The number of allylic oxidation sites excluding steroid dienone is 1. The number of ether oxygens (including phenoxy) is 1. The Morgan fingerprint density at radius 3 is 2.38 bits per heavy atom. The van der Waals surface area contributed by atoms with Gasteiger partial charge in [0.25, 0.3) is 0 Å². The highest BCUT2D eigenvalue weighted by molar-refractivity contribution is 5.91. The van der Waals surface area contributed by atoms with Crippen molar-refractivity contribution in [3.63, 3.8) is 0 Å². The number of carbonyl (C=O) groups is 2. The number of nitrogens with one attached hydrogen (secondary N) is 1. The number of urea groups is 1. The summed E-state index contributed by atoms with van der Waals surface area (Å²) in [6.45, 7) is 2.89. The predicted molar refractivity (Wildman–Crippen MR) is 121 cm³/mol. The van der Waals surface area contributed by atoms with Gasteiger partial charge in [0.1, 0.15) is 6.10 Å². The molecule has 0 unspecified atom stereocenters. The summed E-state index contributed by atoms with van der Waals surface area (Å²) in [6.07, 6.45) is -1.27. The lowest BCUT2D eigenvalue weighted by molar-refractivity contribution is -0.143. The molecule has 0 bridgehead atoms. The van der Waals surface area contributed by atoms with Gasteiger partial charge in [0.05, 0.1) is 11.1 Å². The van der Waals surface area contributed by atoms with Crippen molar-refractivity contribution in [1.29, 1.82) is 0 Å². The average Bonchev–Trinajstić information content (AvgIpc) is 2.81. The number of carbonyl (C=O) groups excluding carboxylic acids is 2. The molecular formula is C25H21F6N3O3. The number of cyclic esters (lactones) is 1. The fourth-order valence-electron chi connectivity index (χ4n) is 3.86. The number of imide groups is 1. The van der Waals surface area contributed by atoms with Gasteiger partial charge in [-0.15, -0.1) is 6.42 Å². The fourth-order valence-corrected chi connectivity index (χ4v) is 3.86. The number of aryl methyl sites for hydroxylation is 1. The quantitative estimate of drug-likeness (QED) is 0.386. The Hall–Kier alpha value is -4.01. The molecule has 12 heteroatoms. The normalized spacial score (nSPS) is 18.5. The molecule has 1 N–H and O–H groups in total. The van der Waals surface area contributed by atoms with E-state index in [0.717, 1.165) is 5.56 Å². The molecule has 0 aliphatic carbocycles. The summed E-state index contributed by atoms with van der Waals surface area (Å²) in [7, 11) is 0. The summed E-state index contributed by atoms with van der Waals surface area (Å²) in [5.41, 5.74) is -1.43. The molecule has 1 aromatic heterocycles. The number of nitrogens with zero attached hydrogens (tertiary/aromatic N) is 2. The topological polar surface area (TPSA) is 71.5 Å². The van der Waals surface area contributed by atoms with Gasteiger partial charge in [-0.1, -0.05) is 12.8 Å². The first-order valence-electron chi connectivity index (χ1n) is 10.8. The van der Waals surface area contributed by atoms with Crippen LogP contribution in [0.2, 0.25) is 0 Å². The van der Waals surface area contributed by atoms with Gasteiger partial charge < -0.3 is 10.1 Å². The number of amides is 3. The highest BCUT2D eigenvalue weighted by Crippen LogP contribution is 2.40. The summed E-state index contributed by atoms with van der Waals surface area (Å²) in [5, 5.41) is 2.54. The lowest BCUT2D eigenvalue weighted by Crippen LogP contribution is -2.50. The molecule has 196 valence electrons. The van der Waals surface area contributed by atoms with Crippen molar-refractivity contribution in [3.05, 3.63) is 70.0 Å². The van der Waals surface area contributed by atoms with Crippen molar-refractivity contribution >= 4 is 18.2 Å². The van der Waals surface area contributed by atoms with Crippen LogP contribution in [0.4, 0.5) is 35.9 Å². The molecule has 2 aromatic rings. The predicted octanol–water partition coefficient (Wildman–Crippen LogP) is 6.11. The lowest BCUT2D eigenvalue weighted by atomic mass is 9.92. The molecule has 1 aliphatic heterocycles. The molecule has 3 amide bonds. The Labute approximate surface area is 208 Å². The summed E-state index contributed by atoms with van der Waals surface area (Å²) >= 11 is 0. The highest BCUT2D eigenvalue weighted by Gasteiger charge is 2.41. The lowest BCUT2D eigenvalue weighted by Gasteiger charge is -2.35. The number of hydrogen-bond acceptors (Lipinski definition) is 4. The third-order valence-corrected chi connectivity index (χ3v) is 5.66. The number of halogens is 6. The average molecular weight is 525 g/mol. The summed E-state index contributed by atoms with van der Waals surface area (Å²) < 4.78 is 84.6. The van der Waals surface area contributed by atoms with E-state index in [1.165, 1.54) is 19.2 Å². The van der Waals surface area contributed by atoms with Crippen molar-refractivity contribution in [2.45, 2.75) is 38.8 Å². The van der Waals surface area contributed by atoms with Crippen LogP contribution in [0.15, 0.2) is 36.7 Å². The third kappa shape index (κ3) is 6.41. The number of terminal acetylenes is 1. The Morgan fingerprint density at radius 2 is 1.81 bits per heavy atom. The zero-order chi connectivity index (χ0) is 27.5. The Bertz CT molecular complexity index is 1230. The van der Waals surface area contributed by atoms with Crippen LogP contribution in [-0.4, -0.2) is 28.6 Å². The molecule has 2 atom stereocenters. The second-order valence-corrected chi connectivity index (χ2v) is 8.42. The first kappa shape index (κ1) is 27.6. The van der Waals surface area contributed by atoms with Gasteiger partial charge in [0, 0.05) is 31.4 Å². The highest BCUT2D eigenvalue weighted by atomic mass is 19.4. The zero-order valence-corrected chi connectivity index (χ0v) is 19.6. The number of aromatic nitrogens is 1. The monoisotopic (exact) mass is 525 g/mol. The second-order valence-electron chi connectivity index (χ2n) is 8.42. The third-order valence-electron chi connectivity index (χ3n) is 5.66. The number of hydrogen-bond donors (Lipinski definition) is 1. The maximum absolute atomic E-state index is 13.2. The molecule has 0 saturated carbocycles. The van der Waals surface area contributed by atoms with Crippen LogP contribution in [0.5, 0.6) is 0 Å². The van der Waals surface area contributed by atoms with Crippen LogP contribution in [0, 0.1) is 25.2 Å².